The molecule has 0 aliphatic carbocycles. The number of aryl methyl sites for hydroxylation is 1. The maximum Gasteiger partial charge on any atom is 0.187 e. The summed E-state index contributed by atoms with van der Waals surface area (Å²) in [5, 5.41) is 20.5. The van der Waals surface area contributed by atoms with E-state index in [9.17, 15) is 4.91 Å². The van der Waals surface area contributed by atoms with E-state index in [0.717, 1.165) is 0 Å². The Kier molecular flexibility index (Phi) is 1.76. The lowest BCUT2D eigenvalue weighted by molar-refractivity contribution is 0.404. The van der Waals surface area contributed by atoms with Gasteiger partial charge in [0.25, 0.3) is 0 Å². The first kappa shape index (κ1) is 7.53. The maximum atomic E-state index is 10.1. The molecule has 0 aliphatic rings. The van der Waals surface area contributed by atoms with Gasteiger partial charge in [0.05, 0.1) is 0 Å². The second-order valence-electron chi connectivity index (χ2n) is 2.19. The van der Waals surface area contributed by atoms with Gasteiger partial charge in [-0.05, 0) is 23.7 Å². The van der Waals surface area contributed by atoms with E-state index in [0.29, 0.717) is 5.56 Å². The van der Waals surface area contributed by atoms with Gasteiger partial charge in [0.1, 0.15) is 0 Å². The summed E-state index contributed by atoms with van der Waals surface area (Å²) in [4.78, 5) is 10.1. The van der Waals surface area contributed by atoms with E-state index in [1.54, 1.807) is 6.92 Å². The molecule has 0 heterocycles. The van der Waals surface area contributed by atoms with Crippen LogP contribution in [-0.4, -0.2) is 10.2 Å². The van der Waals surface area contributed by atoms with Crippen LogP contribution in [0.25, 0.3) is 0 Å². The number of aromatic hydroxyl groups is 2. The van der Waals surface area contributed by atoms with Crippen molar-refractivity contribution in [3.8, 4) is 11.5 Å². The van der Waals surface area contributed by atoms with Gasteiger partial charge in [-0.15, -0.1) is 4.91 Å². The number of nitrogens with zero attached hydrogens (tertiary/aromatic N) is 1. The molecular weight excluding hydrogens is 146 g/mol. The summed E-state index contributed by atoms with van der Waals surface area (Å²) in [5.41, 5.74) is 0.431. The molecule has 0 spiro atoms. The van der Waals surface area contributed by atoms with Crippen LogP contribution in [0.3, 0.4) is 0 Å². The SMILES string of the molecule is Cc1ccc(O)c(O)c1N=O. The molecule has 0 aliphatic heterocycles. The van der Waals surface area contributed by atoms with E-state index in [1.165, 1.54) is 12.1 Å². The van der Waals surface area contributed by atoms with Crippen LogP contribution in [0.2, 0.25) is 0 Å². The van der Waals surface area contributed by atoms with Crippen LogP contribution in [-0.2, 0) is 0 Å². The van der Waals surface area contributed by atoms with Crippen molar-refractivity contribution in [3.05, 3.63) is 22.6 Å². The minimum absolute atomic E-state index is 0.106. The van der Waals surface area contributed by atoms with Crippen LogP contribution >= 0.6 is 0 Å². The van der Waals surface area contributed by atoms with E-state index in [1.807, 2.05) is 0 Å². The van der Waals surface area contributed by atoms with E-state index < -0.39 is 5.75 Å². The molecule has 0 fully saturated rings. The first-order chi connectivity index (χ1) is 5.16. The van der Waals surface area contributed by atoms with Gasteiger partial charge in [-0.25, -0.2) is 0 Å². The molecule has 1 rings (SSSR count). The normalized spacial score (nSPS) is 9.55. The summed E-state index contributed by atoms with van der Waals surface area (Å²) >= 11 is 0. The molecule has 1 aromatic carbocycles. The second-order valence-corrected chi connectivity index (χ2v) is 2.19. The average Bonchev–Trinajstić information content (AvgIpc) is 1.99. The Labute approximate surface area is 63.1 Å². The first-order valence-corrected chi connectivity index (χ1v) is 3.01. The van der Waals surface area contributed by atoms with Crippen molar-refractivity contribution in [1.82, 2.24) is 0 Å². The van der Waals surface area contributed by atoms with Crippen LogP contribution in [0, 0.1) is 11.8 Å². The molecule has 0 saturated carbocycles. The molecule has 4 nitrogen and oxygen atoms in total. The lowest BCUT2D eigenvalue weighted by Crippen LogP contribution is -1.75. The monoisotopic (exact) mass is 153 g/mol. The van der Waals surface area contributed by atoms with Gasteiger partial charge in [0.15, 0.2) is 17.2 Å². The van der Waals surface area contributed by atoms with Gasteiger partial charge in [-0.1, -0.05) is 6.07 Å². The topological polar surface area (TPSA) is 69.9 Å². The summed E-state index contributed by atoms with van der Waals surface area (Å²) < 4.78 is 0. The van der Waals surface area contributed by atoms with Crippen molar-refractivity contribution in [2.24, 2.45) is 5.18 Å². The number of rotatable bonds is 1. The zero-order valence-corrected chi connectivity index (χ0v) is 5.90. The fourth-order valence-electron chi connectivity index (χ4n) is 0.785. The predicted octanol–water partition coefficient (Wildman–Crippen LogP) is 1.80. The fraction of sp³-hybridized carbons (Fsp3) is 0.143. The quantitative estimate of drug-likeness (QED) is 0.477. The van der Waals surface area contributed by atoms with Crippen LogP contribution in [0.1, 0.15) is 5.56 Å². The van der Waals surface area contributed by atoms with Crippen LogP contribution < -0.4 is 0 Å². The summed E-state index contributed by atoms with van der Waals surface area (Å²) in [6.45, 7) is 1.62. The summed E-state index contributed by atoms with van der Waals surface area (Å²) in [6.07, 6.45) is 0. The Hall–Kier alpha value is -1.58. The van der Waals surface area contributed by atoms with Crippen molar-refractivity contribution in [2.75, 3.05) is 0 Å². The third-order valence-corrected chi connectivity index (χ3v) is 1.42. The van der Waals surface area contributed by atoms with Gasteiger partial charge in [0.2, 0.25) is 0 Å². The number of hydrogen-bond acceptors (Lipinski definition) is 4. The molecular formula is C7H7NO3. The molecule has 58 valence electrons. The molecule has 1 aromatic rings. The van der Waals surface area contributed by atoms with Gasteiger partial charge in [0, 0.05) is 0 Å². The van der Waals surface area contributed by atoms with Gasteiger partial charge in [-0.3, -0.25) is 0 Å². The average molecular weight is 153 g/mol. The minimum Gasteiger partial charge on any atom is -0.504 e. The second kappa shape index (κ2) is 2.57. The van der Waals surface area contributed by atoms with Crippen molar-refractivity contribution >= 4 is 5.69 Å². The van der Waals surface area contributed by atoms with Crippen molar-refractivity contribution in [1.29, 1.82) is 0 Å². The fourth-order valence-corrected chi connectivity index (χ4v) is 0.785. The molecule has 0 unspecified atom stereocenters. The molecule has 2 N–H and O–H groups in total. The first-order valence-electron chi connectivity index (χ1n) is 3.01. The number of nitroso groups, excluding NO2 is 1. The Morgan fingerprint density at radius 3 is 2.45 bits per heavy atom. The Bertz CT molecular complexity index is 296. The van der Waals surface area contributed by atoms with Crippen LogP contribution in [0.5, 0.6) is 11.5 Å². The van der Waals surface area contributed by atoms with Crippen molar-refractivity contribution in [3.63, 3.8) is 0 Å². The lowest BCUT2D eigenvalue weighted by atomic mass is 10.2. The zero-order valence-electron chi connectivity index (χ0n) is 5.90. The third kappa shape index (κ3) is 1.14. The molecule has 0 aromatic heterocycles. The van der Waals surface area contributed by atoms with Gasteiger partial charge < -0.3 is 10.2 Å². The molecule has 0 atom stereocenters. The van der Waals surface area contributed by atoms with E-state index >= 15 is 0 Å². The number of phenolic OH excluding ortho intramolecular Hbond substituents is 2. The van der Waals surface area contributed by atoms with Gasteiger partial charge in [-0.2, -0.15) is 0 Å². The van der Waals surface area contributed by atoms with Crippen molar-refractivity contribution < 1.29 is 10.2 Å². The van der Waals surface area contributed by atoms with E-state index in [2.05, 4.69) is 5.18 Å². The van der Waals surface area contributed by atoms with Crippen molar-refractivity contribution in [2.45, 2.75) is 6.92 Å². The largest absolute Gasteiger partial charge is 0.504 e. The molecule has 0 saturated heterocycles. The molecule has 4 heteroatoms. The lowest BCUT2D eigenvalue weighted by Gasteiger charge is -2.00. The highest BCUT2D eigenvalue weighted by atomic mass is 16.3. The maximum absolute atomic E-state index is 10.1. The number of hydrogen-bond donors (Lipinski definition) is 2. The summed E-state index contributed by atoms with van der Waals surface area (Å²) in [6, 6.07) is 2.81. The summed E-state index contributed by atoms with van der Waals surface area (Å²) in [7, 11) is 0. The predicted molar refractivity (Wildman–Crippen MR) is 40.0 cm³/mol. The Morgan fingerprint density at radius 1 is 1.36 bits per heavy atom. The van der Waals surface area contributed by atoms with E-state index in [-0.39, 0.29) is 11.4 Å². The third-order valence-electron chi connectivity index (χ3n) is 1.42. The van der Waals surface area contributed by atoms with Crippen LogP contribution in [0.15, 0.2) is 17.3 Å². The molecule has 11 heavy (non-hydrogen) atoms. The van der Waals surface area contributed by atoms with E-state index in [4.69, 9.17) is 10.2 Å². The number of benzene rings is 1. The molecule has 0 bridgehead atoms. The zero-order chi connectivity index (χ0) is 8.43. The minimum atomic E-state index is -0.458. The van der Waals surface area contributed by atoms with Gasteiger partial charge >= 0.3 is 0 Å². The standard InChI is InChI=1S/C7H7NO3/c1-4-2-3-5(9)7(10)6(4)8-11/h2-3,9-10H,1H3. The Balaban J connectivity index is 3.40. The van der Waals surface area contributed by atoms with Crippen LogP contribution in [0.4, 0.5) is 5.69 Å². The smallest absolute Gasteiger partial charge is 0.187 e. The molecule has 0 amide bonds. The highest BCUT2D eigenvalue weighted by Crippen LogP contribution is 2.37. The highest BCUT2D eigenvalue weighted by molar-refractivity contribution is 5.62. The molecule has 0 radical (unpaired) electrons. The summed E-state index contributed by atoms with van der Waals surface area (Å²) in [5.74, 6) is -0.787. The number of phenols is 2. The Morgan fingerprint density at radius 2 is 2.00 bits per heavy atom. The highest BCUT2D eigenvalue weighted by Gasteiger charge is 2.08.